The Morgan fingerprint density at radius 3 is 1.33 bits per heavy atom. The number of hydrogen-bond donors (Lipinski definition) is 2. The average Bonchev–Trinajstić information content (AvgIpc) is 3.71. The number of ether oxygens (including phenoxy) is 1. The molecule has 7 heteroatoms. The molecule has 1 saturated heterocycles. The second-order valence-electron chi connectivity index (χ2n) is 17.4. The van der Waals surface area contributed by atoms with E-state index in [-0.39, 0.29) is 55.9 Å². The fourth-order valence-corrected chi connectivity index (χ4v) is 19.1. The molecule has 2 heterocycles. The summed E-state index contributed by atoms with van der Waals surface area (Å²) in [6, 6.07) is 71.8. The van der Waals surface area contributed by atoms with Gasteiger partial charge in [-0.25, -0.2) is 0 Å². The second-order valence-corrected chi connectivity index (χ2v) is 23.4. The molecular formula is C56H52NO3S3+3. The predicted octanol–water partition coefficient (Wildman–Crippen LogP) is 10.5. The maximum absolute atomic E-state index is 11.7. The van der Waals surface area contributed by atoms with Crippen molar-refractivity contribution < 1.29 is 14.9 Å². The third-order valence-electron chi connectivity index (χ3n) is 13.9. The van der Waals surface area contributed by atoms with E-state index in [0.717, 1.165) is 42.2 Å². The van der Waals surface area contributed by atoms with Crippen LogP contribution in [0.4, 0.5) is 0 Å². The number of benzene rings is 7. The van der Waals surface area contributed by atoms with Crippen LogP contribution >= 0.6 is 0 Å². The highest BCUT2D eigenvalue weighted by Crippen LogP contribution is 2.63. The lowest BCUT2D eigenvalue weighted by Gasteiger charge is -2.60. The van der Waals surface area contributed by atoms with Crippen molar-refractivity contribution in [2.75, 3.05) is 23.8 Å². The van der Waals surface area contributed by atoms with Gasteiger partial charge in [0.05, 0.1) is 32.7 Å². The van der Waals surface area contributed by atoms with E-state index in [0.29, 0.717) is 5.75 Å². The number of rotatable bonds is 13. The number of nitrogens with zero attached hydrogens (tertiary/aromatic N) is 1. The van der Waals surface area contributed by atoms with Gasteiger partial charge in [-0.15, -0.1) is 0 Å². The minimum atomic E-state index is -0.748. The van der Waals surface area contributed by atoms with Crippen LogP contribution in [0.25, 0.3) is 0 Å². The Kier molecular flexibility index (Phi) is 11.0. The molecule has 0 aromatic heterocycles. The van der Waals surface area contributed by atoms with E-state index in [9.17, 15) is 10.2 Å². The Balaban J connectivity index is 1.18. The molecule has 2 aliphatic heterocycles. The normalized spacial score (nSPS) is 22.3. The molecule has 0 unspecified atom stereocenters. The SMILES string of the molecule is Oc1ccc2c3c1O[C@H]1[C@@H](O)C=C[C@H]4[C@@H](C2)N(C(C[S+](c2ccccc2)c2ccccc2)(C[S+](c2ccccc2)c2ccccc2)C[S+](c2ccccc2)c2ccccc2)CC[C@@]341. The molecule has 0 saturated carbocycles. The predicted molar refractivity (Wildman–Crippen MR) is 259 cm³/mol. The average molecular weight is 883 g/mol. The van der Waals surface area contributed by atoms with Gasteiger partial charge in [-0.3, -0.25) is 4.90 Å². The van der Waals surface area contributed by atoms with Crippen LogP contribution in [0.2, 0.25) is 0 Å². The highest BCUT2D eigenvalue weighted by Gasteiger charge is 2.68. The number of aromatic hydroxyl groups is 1. The van der Waals surface area contributed by atoms with Crippen molar-refractivity contribution in [3.05, 3.63) is 217 Å². The fourth-order valence-electron chi connectivity index (χ4n) is 11.2. The van der Waals surface area contributed by atoms with Crippen LogP contribution in [0.15, 0.2) is 236 Å². The van der Waals surface area contributed by atoms with Gasteiger partial charge in [-0.2, -0.15) is 0 Å². The first-order valence-electron chi connectivity index (χ1n) is 22.1. The Morgan fingerprint density at radius 1 is 0.540 bits per heavy atom. The molecule has 63 heavy (non-hydrogen) atoms. The van der Waals surface area contributed by atoms with Gasteiger partial charge in [0.2, 0.25) is 0 Å². The zero-order valence-electron chi connectivity index (χ0n) is 35.2. The maximum atomic E-state index is 11.7. The van der Waals surface area contributed by atoms with Crippen LogP contribution in [0.1, 0.15) is 17.5 Å². The monoisotopic (exact) mass is 882 g/mol. The number of phenols is 1. The van der Waals surface area contributed by atoms with Crippen molar-refractivity contribution in [2.45, 2.75) is 71.4 Å². The zero-order valence-corrected chi connectivity index (χ0v) is 37.6. The molecule has 4 aliphatic rings. The fraction of sp³-hybridized carbons (Fsp3) is 0.214. The van der Waals surface area contributed by atoms with Gasteiger partial charge in [0.15, 0.2) is 46.4 Å². The summed E-state index contributed by atoms with van der Waals surface area (Å²) in [5.41, 5.74) is 1.59. The van der Waals surface area contributed by atoms with Crippen molar-refractivity contribution in [1.82, 2.24) is 4.90 Å². The number of aliphatic hydroxyl groups excluding tert-OH is 1. The van der Waals surface area contributed by atoms with Crippen LogP contribution < -0.4 is 4.74 Å². The van der Waals surface area contributed by atoms with Crippen molar-refractivity contribution >= 4 is 32.7 Å². The van der Waals surface area contributed by atoms with Gasteiger partial charge in [-0.1, -0.05) is 127 Å². The summed E-state index contributed by atoms with van der Waals surface area (Å²) in [5.74, 6) is 3.66. The summed E-state index contributed by atoms with van der Waals surface area (Å²) in [6.45, 7) is 0.846. The highest BCUT2D eigenvalue weighted by atomic mass is 32.2. The van der Waals surface area contributed by atoms with E-state index in [1.807, 2.05) is 12.1 Å². The van der Waals surface area contributed by atoms with Crippen LogP contribution in [0.5, 0.6) is 11.5 Å². The van der Waals surface area contributed by atoms with Gasteiger partial charge < -0.3 is 14.9 Å². The first kappa shape index (κ1) is 40.6. The summed E-state index contributed by atoms with van der Waals surface area (Å²) in [5, 5.41) is 23.0. The molecule has 11 rings (SSSR count). The van der Waals surface area contributed by atoms with Crippen LogP contribution in [-0.2, 0) is 44.5 Å². The lowest BCUT2D eigenvalue weighted by Crippen LogP contribution is -2.73. The molecule has 2 N–H and O–H groups in total. The number of aliphatic hydroxyl groups is 1. The van der Waals surface area contributed by atoms with Gasteiger partial charge in [-0.05, 0) is 97.3 Å². The van der Waals surface area contributed by atoms with E-state index >= 15 is 0 Å². The third-order valence-corrected chi connectivity index (χ3v) is 21.4. The number of piperidine rings is 1. The molecule has 5 atom stereocenters. The first-order chi connectivity index (χ1) is 31.0. The molecule has 0 amide bonds. The minimum absolute atomic E-state index is 0.0928. The molecule has 7 aromatic carbocycles. The lowest BCUT2D eigenvalue weighted by molar-refractivity contribution is -0.0726. The van der Waals surface area contributed by atoms with E-state index < -0.39 is 17.6 Å². The van der Waals surface area contributed by atoms with Crippen LogP contribution in [-0.4, -0.2) is 62.7 Å². The zero-order chi connectivity index (χ0) is 42.4. The van der Waals surface area contributed by atoms with Crippen molar-refractivity contribution in [1.29, 1.82) is 0 Å². The molecule has 2 bridgehead atoms. The van der Waals surface area contributed by atoms with E-state index in [4.69, 9.17) is 4.74 Å². The first-order valence-corrected chi connectivity index (χ1v) is 26.3. The number of hydrogen-bond acceptors (Lipinski definition) is 4. The molecule has 7 aromatic rings. The summed E-state index contributed by atoms with van der Waals surface area (Å²) in [6.07, 6.45) is 4.81. The largest absolute Gasteiger partial charge is 0.504 e. The summed E-state index contributed by atoms with van der Waals surface area (Å²) in [7, 11) is -0.897. The Bertz CT molecular complexity index is 2370. The van der Waals surface area contributed by atoms with E-state index in [2.05, 4.69) is 199 Å². The van der Waals surface area contributed by atoms with Crippen molar-refractivity contribution in [3.8, 4) is 11.5 Å². The molecule has 4 nitrogen and oxygen atoms in total. The van der Waals surface area contributed by atoms with Gasteiger partial charge in [0.1, 0.15) is 29.5 Å². The van der Waals surface area contributed by atoms with Crippen molar-refractivity contribution in [3.63, 3.8) is 0 Å². The maximum Gasteiger partial charge on any atom is 0.165 e. The molecule has 314 valence electrons. The highest BCUT2D eigenvalue weighted by molar-refractivity contribution is 7.99. The quantitative estimate of drug-likeness (QED) is 0.0895. The smallest absolute Gasteiger partial charge is 0.165 e. The summed E-state index contributed by atoms with van der Waals surface area (Å²) >= 11 is 0. The third kappa shape index (κ3) is 7.23. The van der Waals surface area contributed by atoms with Crippen LogP contribution in [0.3, 0.4) is 0 Å². The molecular weight excluding hydrogens is 831 g/mol. The molecule has 0 radical (unpaired) electrons. The van der Waals surface area contributed by atoms with Gasteiger partial charge in [0.25, 0.3) is 0 Å². The number of phenolic OH excluding ortho intramolecular Hbond substituents is 1. The van der Waals surface area contributed by atoms with E-state index in [1.54, 1.807) is 0 Å². The molecule has 1 fully saturated rings. The topological polar surface area (TPSA) is 52.9 Å². The van der Waals surface area contributed by atoms with Crippen LogP contribution in [0, 0.1) is 5.92 Å². The molecule has 1 spiro atoms. The summed E-state index contributed by atoms with van der Waals surface area (Å²) < 4.78 is 6.72. The Labute approximate surface area is 380 Å². The van der Waals surface area contributed by atoms with Gasteiger partial charge >= 0.3 is 0 Å². The lowest BCUT2D eigenvalue weighted by atomic mass is 9.53. The minimum Gasteiger partial charge on any atom is -0.504 e. The Morgan fingerprint density at radius 2 is 0.937 bits per heavy atom. The van der Waals surface area contributed by atoms with Gasteiger partial charge in [0, 0.05) is 29.5 Å². The Hall–Kier alpha value is -5.15. The second kappa shape index (κ2) is 17.1. The summed E-state index contributed by atoms with van der Waals surface area (Å²) in [4.78, 5) is 11.2. The van der Waals surface area contributed by atoms with E-state index in [1.165, 1.54) is 34.9 Å². The van der Waals surface area contributed by atoms with Crippen molar-refractivity contribution in [2.24, 2.45) is 5.92 Å². The standard InChI is InChI=1S/C56H51NO3S3/c58-50-33-31-41-37-49-48-32-34-51(59)54-56(48,52(41)53(50)60-54)35-36-57(49)55(38-61(42-19-7-1-8-20-42)43-21-9-2-10-22-43,39-62(44-23-11-3-12-24-44)45-25-13-4-14-26-45)40-63(46-27-15-5-16-28-46)47-29-17-6-18-30-47/h1-34,48-49,51,54,59H,35-40H2/q+2/p+1/t48-,49+,51-,54-,56-/m0/s1. The number of likely N-dealkylation sites (tertiary alicyclic amines) is 1. The molecule has 2 aliphatic carbocycles.